The summed E-state index contributed by atoms with van der Waals surface area (Å²) in [6, 6.07) is 6.76. The lowest BCUT2D eigenvalue weighted by Crippen LogP contribution is -2.29. The van der Waals surface area contributed by atoms with Gasteiger partial charge in [-0.2, -0.15) is 0 Å². The van der Waals surface area contributed by atoms with Crippen LogP contribution in [0, 0.1) is 5.92 Å². The minimum Gasteiger partial charge on any atom is -0.493 e. The average Bonchev–Trinajstić information content (AvgIpc) is 2.94. The third-order valence-electron chi connectivity index (χ3n) is 4.71. The van der Waals surface area contributed by atoms with Crippen LogP contribution in [0.25, 0.3) is 0 Å². The molecule has 2 aliphatic rings. The SMILES string of the molecule is CCNCC1CCCCC1c1cccc2c1OCC2. The summed E-state index contributed by atoms with van der Waals surface area (Å²) >= 11 is 0. The number of benzene rings is 1. The van der Waals surface area contributed by atoms with Crippen LogP contribution in [0.1, 0.15) is 49.7 Å². The summed E-state index contributed by atoms with van der Waals surface area (Å²) in [5, 5.41) is 3.54. The maximum atomic E-state index is 5.92. The van der Waals surface area contributed by atoms with Gasteiger partial charge in [0.15, 0.2) is 0 Å². The highest BCUT2D eigenvalue weighted by atomic mass is 16.5. The average molecular weight is 259 g/mol. The second-order valence-electron chi connectivity index (χ2n) is 5.89. The summed E-state index contributed by atoms with van der Waals surface area (Å²) in [5.74, 6) is 2.70. The van der Waals surface area contributed by atoms with Crippen molar-refractivity contribution < 1.29 is 4.74 Å². The Balaban J connectivity index is 1.84. The molecule has 0 bridgehead atoms. The molecule has 3 rings (SSSR count). The van der Waals surface area contributed by atoms with Gasteiger partial charge in [0, 0.05) is 6.42 Å². The molecule has 2 heteroatoms. The van der Waals surface area contributed by atoms with E-state index in [-0.39, 0.29) is 0 Å². The first-order chi connectivity index (χ1) is 9.40. The second kappa shape index (κ2) is 5.96. The highest BCUT2D eigenvalue weighted by Crippen LogP contribution is 2.43. The molecule has 1 fully saturated rings. The molecule has 0 aromatic heterocycles. The fourth-order valence-corrected chi connectivity index (χ4v) is 3.72. The van der Waals surface area contributed by atoms with Gasteiger partial charge in [-0.05, 0) is 48.9 Å². The summed E-state index contributed by atoms with van der Waals surface area (Å²) in [5.41, 5.74) is 2.91. The molecule has 0 amide bonds. The smallest absolute Gasteiger partial charge is 0.126 e. The highest BCUT2D eigenvalue weighted by Gasteiger charge is 2.30. The Labute approximate surface area is 116 Å². The zero-order valence-corrected chi connectivity index (χ0v) is 12.0. The van der Waals surface area contributed by atoms with Gasteiger partial charge < -0.3 is 10.1 Å². The highest BCUT2D eigenvalue weighted by molar-refractivity contribution is 5.46. The van der Waals surface area contributed by atoms with Crippen LogP contribution in [0.5, 0.6) is 5.75 Å². The predicted octanol–water partition coefficient (Wildman–Crippen LogP) is 3.50. The van der Waals surface area contributed by atoms with Crippen molar-refractivity contribution in [3.8, 4) is 5.75 Å². The summed E-state index contributed by atoms with van der Waals surface area (Å²) in [7, 11) is 0. The molecule has 0 spiro atoms. The molecule has 2 nitrogen and oxygen atoms in total. The summed E-state index contributed by atoms with van der Waals surface area (Å²) in [4.78, 5) is 0. The number of hydrogen-bond donors (Lipinski definition) is 1. The van der Waals surface area contributed by atoms with Crippen molar-refractivity contribution in [3.63, 3.8) is 0 Å². The standard InChI is InChI=1S/C17H25NO/c1-2-18-12-14-6-3-4-8-15(14)16-9-5-7-13-10-11-19-17(13)16/h5,7,9,14-15,18H,2-4,6,8,10-12H2,1H3. The van der Waals surface area contributed by atoms with Crippen molar-refractivity contribution >= 4 is 0 Å². The van der Waals surface area contributed by atoms with E-state index in [2.05, 4.69) is 30.4 Å². The number of hydrogen-bond acceptors (Lipinski definition) is 2. The van der Waals surface area contributed by atoms with Gasteiger partial charge in [0.2, 0.25) is 0 Å². The molecule has 1 aromatic rings. The fraction of sp³-hybridized carbons (Fsp3) is 0.647. The fourth-order valence-electron chi connectivity index (χ4n) is 3.72. The van der Waals surface area contributed by atoms with Gasteiger partial charge in [-0.3, -0.25) is 0 Å². The monoisotopic (exact) mass is 259 g/mol. The Hall–Kier alpha value is -1.02. The Morgan fingerprint density at radius 3 is 3.05 bits per heavy atom. The maximum absolute atomic E-state index is 5.92. The molecule has 0 saturated heterocycles. The van der Waals surface area contributed by atoms with Crippen LogP contribution in [0.15, 0.2) is 18.2 Å². The topological polar surface area (TPSA) is 21.3 Å². The zero-order valence-electron chi connectivity index (χ0n) is 12.0. The first kappa shape index (κ1) is 13.0. The van der Waals surface area contributed by atoms with Gasteiger partial charge in [-0.15, -0.1) is 0 Å². The van der Waals surface area contributed by atoms with E-state index in [0.29, 0.717) is 5.92 Å². The molecular weight excluding hydrogens is 234 g/mol. The van der Waals surface area contributed by atoms with Gasteiger partial charge in [-0.1, -0.05) is 38.0 Å². The number of para-hydroxylation sites is 1. The second-order valence-corrected chi connectivity index (χ2v) is 5.89. The molecule has 1 aliphatic carbocycles. The first-order valence-electron chi connectivity index (χ1n) is 7.85. The maximum Gasteiger partial charge on any atom is 0.126 e. The van der Waals surface area contributed by atoms with Crippen LogP contribution in [0.4, 0.5) is 0 Å². The lowest BCUT2D eigenvalue weighted by Gasteiger charge is -2.33. The Kier molecular flexibility index (Phi) is 4.07. The van der Waals surface area contributed by atoms with Crippen LogP contribution in [-0.4, -0.2) is 19.7 Å². The minimum absolute atomic E-state index is 0.695. The Bertz CT molecular complexity index is 429. The van der Waals surface area contributed by atoms with E-state index in [9.17, 15) is 0 Å². The van der Waals surface area contributed by atoms with Gasteiger partial charge >= 0.3 is 0 Å². The largest absolute Gasteiger partial charge is 0.493 e. The third kappa shape index (κ3) is 2.64. The predicted molar refractivity (Wildman–Crippen MR) is 78.9 cm³/mol. The van der Waals surface area contributed by atoms with E-state index < -0.39 is 0 Å². The van der Waals surface area contributed by atoms with E-state index in [1.54, 1.807) is 0 Å². The summed E-state index contributed by atoms with van der Waals surface area (Å²) < 4.78 is 5.92. The normalized spacial score (nSPS) is 25.9. The van der Waals surface area contributed by atoms with Crippen LogP contribution in [-0.2, 0) is 6.42 Å². The Morgan fingerprint density at radius 1 is 1.26 bits per heavy atom. The van der Waals surface area contributed by atoms with Crippen molar-refractivity contribution in [1.29, 1.82) is 0 Å². The van der Waals surface area contributed by atoms with Crippen LogP contribution in [0.3, 0.4) is 0 Å². The minimum atomic E-state index is 0.695. The summed E-state index contributed by atoms with van der Waals surface area (Å²) in [6.45, 7) is 5.30. The molecule has 1 heterocycles. The first-order valence-corrected chi connectivity index (χ1v) is 7.85. The quantitative estimate of drug-likeness (QED) is 0.893. The molecule has 0 radical (unpaired) electrons. The van der Waals surface area contributed by atoms with E-state index >= 15 is 0 Å². The number of ether oxygens (including phenoxy) is 1. The van der Waals surface area contributed by atoms with Gasteiger partial charge in [-0.25, -0.2) is 0 Å². The number of rotatable bonds is 4. The molecular formula is C17H25NO. The molecule has 104 valence electrons. The van der Waals surface area contributed by atoms with Gasteiger partial charge in [0.1, 0.15) is 5.75 Å². The van der Waals surface area contributed by atoms with Crippen LogP contribution >= 0.6 is 0 Å². The molecule has 1 saturated carbocycles. The van der Waals surface area contributed by atoms with Crippen LogP contribution in [0.2, 0.25) is 0 Å². The van der Waals surface area contributed by atoms with Crippen molar-refractivity contribution in [3.05, 3.63) is 29.3 Å². The van der Waals surface area contributed by atoms with Gasteiger partial charge in [0.25, 0.3) is 0 Å². The number of fused-ring (bicyclic) bond motifs is 1. The van der Waals surface area contributed by atoms with E-state index in [0.717, 1.165) is 32.0 Å². The Morgan fingerprint density at radius 2 is 2.16 bits per heavy atom. The van der Waals surface area contributed by atoms with Crippen molar-refractivity contribution in [2.45, 2.75) is 44.9 Å². The molecule has 2 atom stereocenters. The number of nitrogens with one attached hydrogen (secondary N) is 1. The molecule has 2 unspecified atom stereocenters. The van der Waals surface area contributed by atoms with Crippen LogP contribution < -0.4 is 10.1 Å². The lowest BCUT2D eigenvalue weighted by atomic mass is 9.75. The van der Waals surface area contributed by atoms with E-state index in [1.165, 1.54) is 42.6 Å². The summed E-state index contributed by atoms with van der Waals surface area (Å²) in [6.07, 6.45) is 6.55. The third-order valence-corrected chi connectivity index (χ3v) is 4.71. The van der Waals surface area contributed by atoms with E-state index in [4.69, 9.17) is 4.74 Å². The van der Waals surface area contributed by atoms with Crippen molar-refractivity contribution in [2.24, 2.45) is 5.92 Å². The lowest BCUT2D eigenvalue weighted by molar-refractivity contribution is 0.285. The van der Waals surface area contributed by atoms with Gasteiger partial charge in [0.05, 0.1) is 6.61 Å². The molecule has 1 aromatic carbocycles. The van der Waals surface area contributed by atoms with E-state index in [1.807, 2.05) is 0 Å². The molecule has 19 heavy (non-hydrogen) atoms. The van der Waals surface area contributed by atoms with Crippen molar-refractivity contribution in [2.75, 3.05) is 19.7 Å². The van der Waals surface area contributed by atoms with Crippen molar-refractivity contribution in [1.82, 2.24) is 5.32 Å². The molecule has 1 N–H and O–H groups in total. The zero-order chi connectivity index (χ0) is 13.1. The molecule has 1 aliphatic heterocycles.